The molecule has 1 aromatic rings. The van der Waals surface area contributed by atoms with Gasteiger partial charge in [-0.05, 0) is 37.0 Å². The fourth-order valence-electron chi connectivity index (χ4n) is 1.99. The quantitative estimate of drug-likeness (QED) is 0.767. The van der Waals surface area contributed by atoms with E-state index < -0.39 is 10.0 Å². The molecule has 0 spiro atoms. The molecule has 0 saturated carbocycles. The Kier molecular flexibility index (Phi) is 6.80. The molecule has 1 unspecified atom stereocenters. The summed E-state index contributed by atoms with van der Waals surface area (Å²) in [7, 11) is -3.64. The van der Waals surface area contributed by atoms with Gasteiger partial charge < -0.3 is 9.84 Å². The van der Waals surface area contributed by atoms with Crippen LogP contribution in [-0.4, -0.2) is 32.8 Å². The zero-order valence-corrected chi connectivity index (χ0v) is 13.9. The van der Waals surface area contributed by atoms with E-state index >= 15 is 0 Å². The number of sulfonamides is 1. The molecule has 0 amide bonds. The van der Waals surface area contributed by atoms with Gasteiger partial charge in [-0.1, -0.05) is 26.0 Å². The highest BCUT2D eigenvalue weighted by Crippen LogP contribution is 2.20. The topological polar surface area (TPSA) is 75.6 Å². The molecule has 0 fully saturated rings. The Bertz CT molecular complexity index is 555. The monoisotopic (exact) mass is 315 g/mol. The first kappa shape index (κ1) is 18.1. The minimum Gasteiger partial charge on any atom is -0.392 e. The lowest BCUT2D eigenvalue weighted by molar-refractivity contribution is 0.116. The average molecular weight is 315 g/mol. The molecule has 0 aromatic heterocycles. The summed E-state index contributed by atoms with van der Waals surface area (Å²) in [4.78, 5) is 0.205. The first-order chi connectivity index (χ1) is 9.83. The van der Waals surface area contributed by atoms with Crippen molar-refractivity contribution in [1.29, 1.82) is 0 Å². The van der Waals surface area contributed by atoms with Gasteiger partial charge >= 0.3 is 0 Å². The van der Waals surface area contributed by atoms with E-state index in [0.717, 1.165) is 0 Å². The highest BCUT2D eigenvalue weighted by Gasteiger charge is 2.24. The minimum atomic E-state index is -3.64. The molecule has 6 heteroatoms. The molecule has 0 aliphatic rings. The van der Waals surface area contributed by atoms with E-state index in [0.29, 0.717) is 24.3 Å². The molecule has 0 aliphatic heterocycles. The maximum Gasteiger partial charge on any atom is 0.241 e. The van der Waals surface area contributed by atoms with Crippen molar-refractivity contribution in [2.75, 3.05) is 13.2 Å². The Balaban J connectivity index is 3.05. The van der Waals surface area contributed by atoms with Crippen LogP contribution in [0.25, 0.3) is 0 Å². The van der Waals surface area contributed by atoms with Crippen molar-refractivity contribution < 1.29 is 18.3 Å². The van der Waals surface area contributed by atoms with Crippen LogP contribution < -0.4 is 4.72 Å². The predicted octanol–water partition coefficient (Wildman–Crippen LogP) is 1.83. The summed E-state index contributed by atoms with van der Waals surface area (Å²) >= 11 is 0. The molecular weight excluding hydrogens is 290 g/mol. The largest absolute Gasteiger partial charge is 0.392 e. The van der Waals surface area contributed by atoms with Crippen molar-refractivity contribution in [2.24, 2.45) is 5.92 Å². The van der Waals surface area contributed by atoms with Gasteiger partial charge in [0.05, 0.1) is 18.1 Å². The lowest BCUT2D eigenvalue weighted by Gasteiger charge is -2.22. The number of benzene rings is 1. The number of hydrogen-bond acceptors (Lipinski definition) is 4. The summed E-state index contributed by atoms with van der Waals surface area (Å²) in [5.41, 5.74) is 1.19. The van der Waals surface area contributed by atoms with Gasteiger partial charge in [0, 0.05) is 12.6 Å². The summed E-state index contributed by atoms with van der Waals surface area (Å²) in [5.74, 6) is 0.118. The molecule has 1 rings (SSSR count). The normalized spacial score (nSPS) is 13.6. The number of rotatable bonds is 8. The summed E-state index contributed by atoms with van der Waals surface area (Å²) in [5, 5.41) is 9.26. The van der Waals surface area contributed by atoms with Gasteiger partial charge in [0.15, 0.2) is 0 Å². The average Bonchev–Trinajstić information content (AvgIpc) is 2.43. The summed E-state index contributed by atoms with van der Waals surface area (Å²) in [6.45, 7) is 8.18. The van der Waals surface area contributed by atoms with Gasteiger partial charge in [-0.2, -0.15) is 0 Å². The SMILES string of the molecule is CCOCC(NS(=O)(=O)c1cccc(CO)c1C)C(C)C. The van der Waals surface area contributed by atoms with Crippen LogP contribution >= 0.6 is 0 Å². The van der Waals surface area contributed by atoms with Crippen molar-refractivity contribution in [3.8, 4) is 0 Å². The zero-order valence-electron chi connectivity index (χ0n) is 13.1. The second-order valence-corrected chi connectivity index (χ2v) is 7.01. The van der Waals surface area contributed by atoms with E-state index in [9.17, 15) is 13.5 Å². The van der Waals surface area contributed by atoms with Crippen molar-refractivity contribution >= 4 is 10.0 Å². The van der Waals surface area contributed by atoms with Crippen molar-refractivity contribution in [2.45, 2.75) is 45.2 Å². The maximum atomic E-state index is 12.6. The van der Waals surface area contributed by atoms with Crippen molar-refractivity contribution in [3.63, 3.8) is 0 Å². The third-order valence-electron chi connectivity index (χ3n) is 3.47. The fraction of sp³-hybridized carbons (Fsp3) is 0.600. The fourth-order valence-corrected chi connectivity index (χ4v) is 3.65. The van der Waals surface area contributed by atoms with Gasteiger partial charge in [0.25, 0.3) is 0 Å². The maximum absolute atomic E-state index is 12.6. The minimum absolute atomic E-state index is 0.118. The van der Waals surface area contributed by atoms with Crippen LogP contribution in [0.5, 0.6) is 0 Å². The van der Waals surface area contributed by atoms with E-state index in [1.54, 1.807) is 25.1 Å². The molecule has 0 radical (unpaired) electrons. The van der Waals surface area contributed by atoms with Gasteiger partial charge in [-0.15, -0.1) is 0 Å². The Morgan fingerprint density at radius 3 is 2.52 bits per heavy atom. The first-order valence-corrected chi connectivity index (χ1v) is 8.61. The summed E-state index contributed by atoms with van der Waals surface area (Å²) < 4.78 is 33.2. The molecule has 1 atom stereocenters. The molecule has 0 bridgehead atoms. The molecule has 1 aromatic carbocycles. The van der Waals surface area contributed by atoms with Crippen LogP contribution in [0, 0.1) is 12.8 Å². The van der Waals surface area contributed by atoms with Gasteiger partial charge in [-0.25, -0.2) is 13.1 Å². The molecule has 5 nitrogen and oxygen atoms in total. The van der Waals surface area contributed by atoms with Crippen LogP contribution in [0.15, 0.2) is 23.1 Å². The smallest absolute Gasteiger partial charge is 0.241 e. The lowest BCUT2D eigenvalue weighted by atomic mass is 10.1. The second-order valence-electron chi connectivity index (χ2n) is 5.33. The van der Waals surface area contributed by atoms with E-state index in [1.165, 1.54) is 0 Å². The number of aliphatic hydroxyl groups excluding tert-OH is 1. The van der Waals surface area contributed by atoms with Crippen molar-refractivity contribution in [1.82, 2.24) is 4.72 Å². The molecule has 120 valence electrons. The third kappa shape index (κ3) is 4.78. The number of ether oxygens (including phenoxy) is 1. The van der Waals surface area contributed by atoms with Crippen LogP contribution in [0.4, 0.5) is 0 Å². The van der Waals surface area contributed by atoms with E-state index in [1.807, 2.05) is 20.8 Å². The highest BCUT2D eigenvalue weighted by atomic mass is 32.2. The van der Waals surface area contributed by atoms with Crippen LogP contribution in [0.1, 0.15) is 31.9 Å². The molecule has 2 N–H and O–H groups in total. The van der Waals surface area contributed by atoms with E-state index in [4.69, 9.17) is 4.74 Å². The Morgan fingerprint density at radius 1 is 1.33 bits per heavy atom. The molecule has 21 heavy (non-hydrogen) atoms. The van der Waals surface area contributed by atoms with Crippen LogP contribution in [0.2, 0.25) is 0 Å². The van der Waals surface area contributed by atoms with E-state index in [-0.39, 0.29) is 23.5 Å². The first-order valence-electron chi connectivity index (χ1n) is 7.12. The van der Waals surface area contributed by atoms with Crippen LogP contribution in [0.3, 0.4) is 0 Å². The predicted molar refractivity (Wildman–Crippen MR) is 82.5 cm³/mol. The number of aliphatic hydroxyl groups is 1. The zero-order chi connectivity index (χ0) is 16.0. The number of nitrogens with one attached hydrogen (secondary N) is 1. The highest BCUT2D eigenvalue weighted by molar-refractivity contribution is 7.89. The van der Waals surface area contributed by atoms with Crippen LogP contribution in [-0.2, 0) is 21.4 Å². The second kappa shape index (κ2) is 7.89. The summed E-state index contributed by atoms with van der Waals surface area (Å²) in [6.07, 6.45) is 0. The lowest BCUT2D eigenvalue weighted by Crippen LogP contribution is -2.42. The van der Waals surface area contributed by atoms with Gasteiger partial charge in [0.2, 0.25) is 10.0 Å². The molecule has 0 saturated heterocycles. The Hall–Kier alpha value is -0.950. The third-order valence-corrected chi connectivity index (χ3v) is 5.10. The Morgan fingerprint density at radius 2 is 2.00 bits per heavy atom. The summed E-state index contributed by atoms with van der Waals surface area (Å²) in [6, 6.07) is 4.62. The standard InChI is InChI=1S/C15H25NO4S/c1-5-20-10-14(11(2)3)16-21(18,19)15-8-6-7-13(9-17)12(15)4/h6-8,11,14,16-17H,5,9-10H2,1-4H3. The van der Waals surface area contributed by atoms with Crippen molar-refractivity contribution in [3.05, 3.63) is 29.3 Å². The Labute approximate surface area is 127 Å². The molecule has 0 aliphatic carbocycles. The van der Waals surface area contributed by atoms with E-state index in [2.05, 4.69) is 4.72 Å². The molecule has 0 heterocycles. The van der Waals surface area contributed by atoms with Gasteiger partial charge in [0.1, 0.15) is 0 Å². The molecular formula is C15H25NO4S. The van der Waals surface area contributed by atoms with Gasteiger partial charge in [-0.3, -0.25) is 0 Å². The number of hydrogen-bond donors (Lipinski definition) is 2.